The number of nitrogens with zero attached hydrogens (tertiary/aromatic N) is 3. The number of rotatable bonds is 4. The fourth-order valence-electron chi connectivity index (χ4n) is 2.29. The second-order valence-electron chi connectivity index (χ2n) is 5.39. The minimum Gasteiger partial charge on any atom is -0.497 e. The number of hydrogen-bond acceptors (Lipinski definition) is 5. The lowest BCUT2D eigenvalue weighted by atomic mass is 10.1. The molecule has 0 unspecified atom stereocenters. The fourth-order valence-corrected chi connectivity index (χ4v) is 2.29. The topological polar surface area (TPSA) is 77.5 Å². The van der Waals surface area contributed by atoms with E-state index in [0.29, 0.717) is 11.7 Å². The van der Waals surface area contributed by atoms with Crippen molar-refractivity contribution in [3.8, 4) is 17.0 Å². The second kappa shape index (κ2) is 5.65. The SMILES string of the molecule is COc1ccc(-c2cc(NN)n3nc(C(C)C)cc3n2)cc1. The number of fused-ring (bicyclic) bond motifs is 1. The van der Waals surface area contributed by atoms with Gasteiger partial charge in [-0.3, -0.25) is 0 Å². The minimum atomic E-state index is 0.330. The van der Waals surface area contributed by atoms with Gasteiger partial charge in [0.25, 0.3) is 0 Å². The number of ether oxygens (including phenoxy) is 1. The molecule has 22 heavy (non-hydrogen) atoms. The van der Waals surface area contributed by atoms with Gasteiger partial charge < -0.3 is 10.2 Å². The van der Waals surface area contributed by atoms with Crippen molar-refractivity contribution in [1.29, 1.82) is 0 Å². The van der Waals surface area contributed by atoms with E-state index in [1.54, 1.807) is 11.6 Å². The third-order valence-electron chi connectivity index (χ3n) is 3.57. The number of nitrogen functional groups attached to an aromatic ring is 1. The van der Waals surface area contributed by atoms with Gasteiger partial charge in [-0.1, -0.05) is 13.8 Å². The van der Waals surface area contributed by atoms with Crippen molar-refractivity contribution >= 4 is 11.5 Å². The van der Waals surface area contributed by atoms with Crippen LogP contribution in [0, 0.1) is 0 Å². The first-order chi connectivity index (χ1) is 10.6. The molecule has 0 saturated carbocycles. The van der Waals surface area contributed by atoms with Gasteiger partial charge in [0.2, 0.25) is 0 Å². The van der Waals surface area contributed by atoms with Gasteiger partial charge in [0.1, 0.15) is 11.6 Å². The Balaban J connectivity index is 2.13. The molecular formula is C16H19N5O. The highest BCUT2D eigenvalue weighted by atomic mass is 16.5. The van der Waals surface area contributed by atoms with Crippen LogP contribution in [0.3, 0.4) is 0 Å². The Hall–Kier alpha value is -2.60. The van der Waals surface area contributed by atoms with Crippen molar-refractivity contribution in [1.82, 2.24) is 14.6 Å². The van der Waals surface area contributed by atoms with Crippen LogP contribution >= 0.6 is 0 Å². The number of aromatic nitrogens is 3. The number of methoxy groups -OCH3 is 1. The smallest absolute Gasteiger partial charge is 0.158 e. The average molecular weight is 297 g/mol. The molecule has 0 saturated heterocycles. The second-order valence-corrected chi connectivity index (χ2v) is 5.39. The van der Waals surface area contributed by atoms with Gasteiger partial charge in [-0.05, 0) is 30.2 Å². The van der Waals surface area contributed by atoms with E-state index in [-0.39, 0.29) is 0 Å². The van der Waals surface area contributed by atoms with Gasteiger partial charge in [-0.15, -0.1) is 0 Å². The zero-order valence-corrected chi connectivity index (χ0v) is 12.9. The molecule has 0 aliphatic carbocycles. The predicted molar refractivity (Wildman–Crippen MR) is 86.9 cm³/mol. The summed E-state index contributed by atoms with van der Waals surface area (Å²) in [6.45, 7) is 4.20. The number of hydrogen-bond donors (Lipinski definition) is 2. The molecule has 0 fully saturated rings. The van der Waals surface area contributed by atoms with Gasteiger partial charge in [0.05, 0.1) is 18.5 Å². The van der Waals surface area contributed by atoms with Crippen LogP contribution in [-0.4, -0.2) is 21.7 Å². The molecule has 0 bridgehead atoms. The summed E-state index contributed by atoms with van der Waals surface area (Å²) in [6.07, 6.45) is 0. The lowest BCUT2D eigenvalue weighted by molar-refractivity contribution is 0.415. The number of benzene rings is 1. The summed E-state index contributed by atoms with van der Waals surface area (Å²) >= 11 is 0. The van der Waals surface area contributed by atoms with Crippen molar-refractivity contribution in [2.45, 2.75) is 19.8 Å². The maximum Gasteiger partial charge on any atom is 0.158 e. The number of anilines is 1. The summed E-state index contributed by atoms with van der Waals surface area (Å²) in [4.78, 5) is 4.68. The molecular weight excluding hydrogens is 278 g/mol. The normalized spacial score (nSPS) is 11.1. The summed E-state index contributed by atoms with van der Waals surface area (Å²) < 4.78 is 6.91. The third kappa shape index (κ3) is 2.48. The van der Waals surface area contributed by atoms with E-state index in [0.717, 1.165) is 28.3 Å². The van der Waals surface area contributed by atoms with E-state index in [1.165, 1.54) is 0 Å². The Morgan fingerprint density at radius 3 is 2.50 bits per heavy atom. The van der Waals surface area contributed by atoms with Crippen LogP contribution < -0.4 is 16.0 Å². The number of nitrogens with one attached hydrogen (secondary N) is 1. The average Bonchev–Trinajstić information content (AvgIpc) is 2.98. The fraction of sp³-hybridized carbons (Fsp3) is 0.250. The molecule has 0 amide bonds. The first-order valence-corrected chi connectivity index (χ1v) is 7.14. The predicted octanol–water partition coefficient (Wildman–Crippen LogP) is 2.81. The highest BCUT2D eigenvalue weighted by molar-refractivity contribution is 5.67. The molecule has 0 aliphatic heterocycles. The highest BCUT2D eigenvalue weighted by Gasteiger charge is 2.12. The Morgan fingerprint density at radius 1 is 1.18 bits per heavy atom. The summed E-state index contributed by atoms with van der Waals surface area (Å²) in [5.74, 6) is 7.48. The van der Waals surface area contributed by atoms with Crippen molar-refractivity contribution in [3.05, 3.63) is 42.1 Å². The zero-order valence-electron chi connectivity index (χ0n) is 12.9. The molecule has 0 radical (unpaired) electrons. The van der Waals surface area contributed by atoms with Gasteiger partial charge in [-0.25, -0.2) is 10.8 Å². The zero-order chi connectivity index (χ0) is 15.7. The van der Waals surface area contributed by atoms with E-state index in [1.807, 2.05) is 36.4 Å². The van der Waals surface area contributed by atoms with Crippen molar-refractivity contribution in [2.75, 3.05) is 12.5 Å². The molecule has 1 aromatic carbocycles. The first-order valence-electron chi connectivity index (χ1n) is 7.14. The number of hydrazine groups is 1. The lowest BCUT2D eigenvalue weighted by Crippen LogP contribution is -2.12. The van der Waals surface area contributed by atoms with E-state index < -0.39 is 0 Å². The molecule has 2 aromatic heterocycles. The summed E-state index contributed by atoms with van der Waals surface area (Å²) in [5, 5.41) is 4.54. The molecule has 3 aromatic rings. The van der Waals surface area contributed by atoms with Crippen LogP contribution in [0.1, 0.15) is 25.5 Å². The molecule has 0 atom stereocenters. The molecule has 2 heterocycles. The minimum absolute atomic E-state index is 0.330. The Bertz CT molecular complexity index is 792. The maximum atomic E-state index is 5.64. The van der Waals surface area contributed by atoms with Crippen LogP contribution in [-0.2, 0) is 0 Å². The van der Waals surface area contributed by atoms with Crippen molar-refractivity contribution < 1.29 is 4.74 Å². The number of nitrogens with two attached hydrogens (primary N) is 1. The standard InChI is InChI=1S/C16H19N5O/c1-10(2)13-8-15-18-14(9-16(19-17)21(15)20-13)11-4-6-12(22-3)7-5-11/h4-10,19H,17H2,1-3H3. The summed E-state index contributed by atoms with van der Waals surface area (Å²) in [6, 6.07) is 11.6. The first kappa shape index (κ1) is 14.3. The Kier molecular flexibility index (Phi) is 3.68. The van der Waals surface area contributed by atoms with E-state index in [9.17, 15) is 0 Å². The molecule has 0 spiro atoms. The molecule has 6 heteroatoms. The quantitative estimate of drug-likeness (QED) is 0.572. The van der Waals surface area contributed by atoms with Gasteiger partial charge in [0.15, 0.2) is 5.65 Å². The Labute approximate surface area is 128 Å². The summed E-state index contributed by atoms with van der Waals surface area (Å²) in [7, 11) is 1.65. The van der Waals surface area contributed by atoms with Gasteiger partial charge in [-0.2, -0.15) is 9.61 Å². The van der Waals surface area contributed by atoms with Crippen LogP contribution in [0.2, 0.25) is 0 Å². The van der Waals surface area contributed by atoms with Crippen LogP contribution in [0.4, 0.5) is 5.82 Å². The van der Waals surface area contributed by atoms with E-state index in [4.69, 9.17) is 10.6 Å². The highest BCUT2D eigenvalue weighted by Crippen LogP contribution is 2.25. The lowest BCUT2D eigenvalue weighted by Gasteiger charge is -2.08. The molecule has 3 N–H and O–H groups in total. The van der Waals surface area contributed by atoms with Gasteiger partial charge in [0, 0.05) is 17.7 Å². The largest absolute Gasteiger partial charge is 0.497 e. The van der Waals surface area contributed by atoms with Gasteiger partial charge >= 0.3 is 0 Å². The Morgan fingerprint density at radius 2 is 1.91 bits per heavy atom. The van der Waals surface area contributed by atoms with Crippen molar-refractivity contribution in [3.63, 3.8) is 0 Å². The molecule has 0 aliphatic rings. The monoisotopic (exact) mass is 297 g/mol. The van der Waals surface area contributed by atoms with Crippen LogP contribution in [0.5, 0.6) is 5.75 Å². The molecule has 3 rings (SSSR count). The van der Waals surface area contributed by atoms with Crippen molar-refractivity contribution in [2.24, 2.45) is 5.84 Å². The van der Waals surface area contributed by atoms with Crippen LogP contribution in [0.25, 0.3) is 16.9 Å². The summed E-state index contributed by atoms with van der Waals surface area (Å²) in [5.41, 5.74) is 6.27. The third-order valence-corrected chi connectivity index (χ3v) is 3.57. The maximum absolute atomic E-state index is 5.64. The van der Waals surface area contributed by atoms with E-state index >= 15 is 0 Å². The van der Waals surface area contributed by atoms with Crippen LogP contribution in [0.15, 0.2) is 36.4 Å². The molecule has 6 nitrogen and oxygen atoms in total. The molecule has 114 valence electrons. The van der Waals surface area contributed by atoms with E-state index in [2.05, 4.69) is 29.4 Å².